The number of benzene rings is 2. The Bertz CT molecular complexity index is 945. The number of nitrogens with one attached hydrogen (secondary N) is 1. The van der Waals surface area contributed by atoms with E-state index in [2.05, 4.69) is 10.4 Å². The zero-order chi connectivity index (χ0) is 19.3. The molecule has 1 amide bonds. The molecule has 4 rings (SSSR count). The molecule has 0 spiro atoms. The van der Waals surface area contributed by atoms with E-state index in [0.717, 1.165) is 29.9 Å². The molecule has 0 saturated carbocycles. The number of rotatable bonds is 5. The molecule has 29 heavy (non-hydrogen) atoms. The van der Waals surface area contributed by atoms with Gasteiger partial charge in [-0.2, -0.15) is 5.10 Å². The topological polar surface area (TPSA) is 50.2 Å². The smallest absolute Gasteiger partial charge is 0.223 e. The lowest BCUT2D eigenvalue weighted by atomic mass is 10.0. The number of amides is 1. The van der Waals surface area contributed by atoms with Gasteiger partial charge in [-0.05, 0) is 41.8 Å². The van der Waals surface area contributed by atoms with Crippen LogP contribution in [0.3, 0.4) is 0 Å². The summed E-state index contributed by atoms with van der Waals surface area (Å²) in [6.07, 6.45) is 4.98. The Kier molecular flexibility index (Phi) is 7.31. The highest BCUT2D eigenvalue weighted by Gasteiger charge is 2.27. The second-order valence-corrected chi connectivity index (χ2v) is 7.43. The lowest BCUT2D eigenvalue weighted by Gasteiger charge is -2.36. The molecule has 3 aromatic rings. The molecule has 1 unspecified atom stereocenters. The summed E-state index contributed by atoms with van der Waals surface area (Å²) < 4.78 is 1.85. The largest absolute Gasteiger partial charge is 0.333 e. The van der Waals surface area contributed by atoms with Crippen LogP contribution < -0.4 is 5.32 Å². The van der Waals surface area contributed by atoms with Crippen LogP contribution in [0.15, 0.2) is 67.0 Å². The maximum absolute atomic E-state index is 13.0. The van der Waals surface area contributed by atoms with E-state index in [0.29, 0.717) is 24.4 Å². The molecule has 0 radical (unpaired) electrons. The fraction of sp³-hybridized carbons (Fsp3) is 0.273. The normalized spacial score (nSPS) is 16.3. The summed E-state index contributed by atoms with van der Waals surface area (Å²) in [5.41, 5.74) is 3.15. The Morgan fingerprint density at radius 1 is 1.17 bits per heavy atom. The highest BCUT2D eigenvalue weighted by Crippen LogP contribution is 2.25. The molecule has 2 heterocycles. The predicted octanol–water partition coefficient (Wildman–Crippen LogP) is 4.05. The number of aryl methyl sites for hydroxylation is 1. The summed E-state index contributed by atoms with van der Waals surface area (Å²) in [6.45, 7) is 2.27. The Morgan fingerprint density at radius 2 is 2.00 bits per heavy atom. The molecule has 1 N–H and O–H groups in total. The van der Waals surface area contributed by atoms with Crippen LogP contribution in [0.25, 0.3) is 5.69 Å². The maximum Gasteiger partial charge on any atom is 0.223 e. The van der Waals surface area contributed by atoms with E-state index in [1.165, 1.54) is 0 Å². The van der Waals surface area contributed by atoms with Crippen LogP contribution in [-0.4, -0.2) is 40.2 Å². The van der Waals surface area contributed by atoms with Crippen molar-refractivity contribution in [1.29, 1.82) is 0 Å². The van der Waals surface area contributed by atoms with Gasteiger partial charge >= 0.3 is 0 Å². The second-order valence-electron chi connectivity index (χ2n) is 6.99. The molecule has 1 aliphatic rings. The third-order valence-corrected chi connectivity index (χ3v) is 5.32. The van der Waals surface area contributed by atoms with Crippen molar-refractivity contribution in [2.45, 2.75) is 18.9 Å². The molecular weight excluding hydrogens is 407 g/mol. The standard InChI is InChI=1S/C22H23ClN4O.ClH/c23-19-6-4-5-18(13-19)21-15-24-11-12-26(21)22(28)10-9-17-14-25-27(16-17)20-7-2-1-3-8-20;/h1-8,13-14,16,21,24H,9-12,15H2;1H. The number of halogens is 2. The number of hydrogen-bond donors (Lipinski definition) is 1. The molecule has 7 heteroatoms. The summed E-state index contributed by atoms with van der Waals surface area (Å²) in [5.74, 6) is 0.166. The van der Waals surface area contributed by atoms with Gasteiger partial charge in [-0.1, -0.05) is 41.9 Å². The van der Waals surface area contributed by atoms with E-state index in [1.807, 2.05) is 76.6 Å². The highest BCUT2D eigenvalue weighted by molar-refractivity contribution is 6.30. The van der Waals surface area contributed by atoms with Crippen LogP contribution in [0.2, 0.25) is 5.02 Å². The maximum atomic E-state index is 13.0. The lowest BCUT2D eigenvalue weighted by molar-refractivity contribution is -0.134. The first-order valence-corrected chi connectivity index (χ1v) is 9.93. The number of aromatic nitrogens is 2. The average Bonchev–Trinajstić information content (AvgIpc) is 3.22. The van der Waals surface area contributed by atoms with Crippen LogP contribution in [0.4, 0.5) is 0 Å². The van der Waals surface area contributed by atoms with Crippen LogP contribution in [-0.2, 0) is 11.2 Å². The van der Waals surface area contributed by atoms with Crippen molar-refractivity contribution < 1.29 is 4.79 Å². The summed E-state index contributed by atoms with van der Waals surface area (Å²) in [5, 5.41) is 8.50. The Balaban J connectivity index is 0.00000240. The van der Waals surface area contributed by atoms with Gasteiger partial charge in [0.1, 0.15) is 0 Å². The molecule has 5 nitrogen and oxygen atoms in total. The highest BCUT2D eigenvalue weighted by atomic mass is 35.5. The van der Waals surface area contributed by atoms with E-state index >= 15 is 0 Å². The van der Waals surface area contributed by atoms with Crippen molar-refractivity contribution in [3.63, 3.8) is 0 Å². The number of piperazine rings is 1. The zero-order valence-electron chi connectivity index (χ0n) is 16.0. The zero-order valence-corrected chi connectivity index (χ0v) is 17.6. The first kappa shape index (κ1) is 21.4. The van der Waals surface area contributed by atoms with Crippen LogP contribution in [0.1, 0.15) is 23.6 Å². The Morgan fingerprint density at radius 3 is 2.79 bits per heavy atom. The third-order valence-electron chi connectivity index (χ3n) is 5.08. The van der Waals surface area contributed by atoms with Gasteiger partial charge in [-0.15, -0.1) is 12.4 Å². The third kappa shape index (κ3) is 5.18. The Hall–Kier alpha value is -2.34. The summed E-state index contributed by atoms with van der Waals surface area (Å²) in [7, 11) is 0. The lowest BCUT2D eigenvalue weighted by Crippen LogP contribution is -2.48. The fourth-order valence-corrected chi connectivity index (χ4v) is 3.82. The van der Waals surface area contributed by atoms with Gasteiger partial charge in [-0.25, -0.2) is 4.68 Å². The monoisotopic (exact) mass is 430 g/mol. The molecule has 1 saturated heterocycles. The summed E-state index contributed by atoms with van der Waals surface area (Å²) in [6, 6.07) is 17.8. The van der Waals surface area contributed by atoms with E-state index in [4.69, 9.17) is 11.6 Å². The molecule has 1 fully saturated rings. The number of carbonyl (C=O) groups excluding carboxylic acids is 1. The van der Waals surface area contributed by atoms with Gasteiger partial charge in [0, 0.05) is 37.3 Å². The van der Waals surface area contributed by atoms with Crippen LogP contribution in [0.5, 0.6) is 0 Å². The summed E-state index contributed by atoms with van der Waals surface area (Å²) >= 11 is 6.15. The molecular formula is C22H24Cl2N4O. The van der Waals surface area contributed by atoms with Crippen molar-refractivity contribution in [2.75, 3.05) is 19.6 Å². The van der Waals surface area contributed by atoms with Crippen LogP contribution >= 0.6 is 24.0 Å². The van der Waals surface area contributed by atoms with Crippen molar-refractivity contribution in [1.82, 2.24) is 20.0 Å². The molecule has 1 aromatic heterocycles. The summed E-state index contributed by atoms with van der Waals surface area (Å²) in [4.78, 5) is 14.9. The van der Waals surface area contributed by atoms with E-state index in [1.54, 1.807) is 0 Å². The van der Waals surface area contributed by atoms with Crippen molar-refractivity contribution in [3.8, 4) is 5.69 Å². The molecule has 0 bridgehead atoms. The minimum Gasteiger partial charge on any atom is -0.333 e. The Labute approximate surface area is 182 Å². The minimum atomic E-state index is 0. The van der Waals surface area contributed by atoms with Crippen molar-refractivity contribution in [2.24, 2.45) is 0 Å². The number of carbonyl (C=O) groups is 1. The number of para-hydroxylation sites is 1. The predicted molar refractivity (Wildman–Crippen MR) is 118 cm³/mol. The van der Waals surface area contributed by atoms with Crippen molar-refractivity contribution in [3.05, 3.63) is 83.1 Å². The van der Waals surface area contributed by atoms with Gasteiger partial charge in [0.15, 0.2) is 0 Å². The molecule has 152 valence electrons. The number of nitrogens with zero attached hydrogens (tertiary/aromatic N) is 3. The molecule has 2 aromatic carbocycles. The van der Waals surface area contributed by atoms with Crippen molar-refractivity contribution >= 4 is 29.9 Å². The quantitative estimate of drug-likeness (QED) is 0.663. The molecule has 1 aliphatic heterocycles. The van der Waals surface area contributed by atoms with E-state index in [-0.39, 0.29) is 24.4 Å². The van der Waals surface area contributed by atoms with Gasteiger partial charge in [0.25, 0.3) is 0 Å². The van der Waals surface area contributed by atoms with Crippen LogP contribution in [0, 0.1) is 0 Å². The molecule has 0 aliphatic carbocycles. The van der Waals surface area contributed by atoms with Gasteiger partial charge in [0.05, 0.1) is 17.9 Å². The van der Waals surface area contributed by atoms with Gasteiger partial charge in [0.2, 0.25) is 5.91 Å². The number of hydrogen-bond acceptors (Lipinski definition) is 3. The molecule has 1 atom stereocenters. The van der Waals surface area contributed by atoms with E-state index < -0.39 is 0 Å². The first-order chi connectivity index (χ1) is 13.7. The fourth-order valence-electron chi connectivity index (χ4n) is 3.62. The first-order valence-electron chi connectivity index (χ1n) is 9.55. The second kappa shape index (κ2) is 9.92. The average molecular weight is 431 g/mol. The SMILES string of the molecule is Cl.O=C(CCc1cnn(-c2ccccc2)c1)N1CCNCC1c1cccc(Cl)c1. The minimum absolute atomic E-state index is 0. The van der Waals surface area contributed by atoms with E-state index in [9.17, 15) is 4.79 Å². The van der Waals surface area contributed by atoms with Gasteiger partial charge in [-0.3, -0.25) is 4.79 Å². The van der Waals surface area contributed by atoms with Gasteiger partial charge < -0.3 is 10.2 Å².